The largest absolute Gasteiger partial charge is 2.00 e. The van der Waals surface area contributed by atoms with Gasteiger partial charge in [0.15, 0.2) is 23.0 Å². The SMILES string of the molecule is CCCCCCC(C=Nc1cc(CC)cc(CC)c1)=Nc1cc(CC)cc(CC)c1.CCCc1c(CC)cc(O)c(O)c1C(=O)[O-].CCCc1c(CC)cc(O)c(O)c1C(=O)[O-].[Ni+2]. The number of carboxylic acid groups (broad SMARTS) is 2. The van der Waals surface area contributed by atoms with Crippen LogP contribution in [0.25, 0.3) is 0 Å². The van der Waals surface area contributed by atoms with E-state index in [1.165, 1.54) is 60.1 Å². The maximum Gasteiger partial charge on any atom is 2.00 e. The van der Waals surface area contributed by atoms with E-state index >= 15 is 0 Å². The Hall–Kier alpha value is -5.15. The van der Waals surface area contributed by atoms with Gasteiger partial charge < -0.3 is 40.2 Å². The predicted molar refractivity (Wildman–Crippen MR) is 249 cm³/mol. The van der Waals surface area contributed by atoms with E-state index < -0.39 is 34.9 Å². The number of phenols is 4. The smallest absolute Gasteiger partial charge is 0.545 e. The van der Waals surface area contributed by atoms with E-state index in [4.69, 9.17) is 9.98 Å². The molecule has 0 saturated heterocycles. The van der Waals surface area contributed by atoms with E-state index in [0.717, 1.165) is 73.2 Å². The fraction of sp³-hybridized carbons (Fsp3) is 0.462. The van der Waals surface area contributed by atoms with Gasteiger partial charge in [-0.2, -0.15) is 0 Å². The van der Waals surface area contributed by atoms with Crippen molar-refractivity contribution in [2.75, 3.05) is 0 Å². The fourth-order valence-electron chi connectivity index (χ4n) is 7.28. The number of aliphatic imine (C=N–C) groups is 2. The molecule has 4 aromatic rings. The third-order valence-electron chi connectivity index (χ3n) is 10.8. The fourth-order valence-corrected chi connectivity index (χ4v) is 7.28. The molecule has 0 fully saturated rings. The number of aryl methyl sites for hydroxylation is 6. The molecule has 63 heavy (non-hydrogen) atoms. The minimum atomic E-state index is -1.45. The number of unbranched alkanes of at least 4 members (excludes halogenated alkanes) is 3. The molecule has 4 rings (SSSR count). The molecule has 0 spiro atoms. The molecule has 0 atom stereocenters. The molecule has 11 heteroatoms. The Bertz CT molecular complexity index is 2020. The second-order valence-electron chi connectivity index (χ2n) is 15.4. The number of aromatic hydroxyl groups is 4. The van der Waals surface area contributed by atoms with Crippen molar-refractivity contribution in [3.63, 3.8) is 0 Å². The first-order valence-electron chi connectivity index (χ1n) is 22.6. The van der Waals surface area contributed by atoms with Crippen LogP contribution < -0.4 is 10.2 Å². The molecule has 0 aliphatic rings. The maximum absolute atomic E-state index is 11.0. The summed E-state index contributed by atoms with van der Waals surface area (Å²) < 4.78 is 0. The maximum atomic E-state index is 11.0. The first kappa shape index (κ1) is 55.9. The summed E-state index contributed by atoms with van der Waals surface area (Å²) in [4.78, 5) is 31.8. The van der Waals surface area contributed by atoms with Crippen LogP contribution in [0.15, 0.2) is 58.5 Å². The molecule has 0 saturated carbocycles. The second kappa shape index (κ2) is 29.3. The van der Waals surface area contributed by atoms with E-state index in [1.54, 1.807) is 0 Å². The van der Waals surface area contributed by atoms with Gasteiger partial charge in [-0.1, -0.05) is 107 Å². The monoisotopic (exact) mass is 908 g/mol. The third kappa shape index (κ3) is 17.2. The van der Waals surface area contributed by atoms with Crippen molar-refractivity contribution in [3.8, 4) is 23.0 Å². The van der Waals surface area contributed by atoms with E-state index in [0.29, 0.717) is 36.8 Å². The Kier molecular flexibility index (Phi) is 26.0. The van der Waals surface area contributed by atoms with Gasteiger partial charge in [-0.15, -0.1) is 0 Å². The zero-order valence-electron chi connectivity index (χ0n) is 38.9. The van der Waals surface area contributed by atoms with Gasteiger partial charge in [0.1, 0.15) is 0 Å². The van der Waals surface area contributed by atoms with Crippen LogP contribution in [-0.2, 0) is 67.9 Å². The summed E-state index contributed by atoms with van der Waals surface area (Å²) in [6.07, 6.45) is 15.9. The number of hydrogen-bond acceptors (Lipinski definition) is 10. The molecular weight excluding hydrogens is 839 g/mol. The summed E-state index contributed by atoms with van der Waals surface area (Å²) in [5.41, 5.74) is 10.6. The Labute approximate surface area is 386 Å². The molecule has 0 aliphatic heterocycles. The second-order valence-corrected chi connectivity index (χ2v) is 15.4. The number of aromatic carboxylic acids is 2. The van der Waals surface area contributed by atoms with Crippen molar-refractivity contribution in [1.82, 2.24) is 0 Å². The van der Waals surface area contributed by atoms with Crippen LogP contribution in [0.5, 0.6) is 23.0 Å². The van der Waals surface area contributed by atoms with E-state index in [2.05, 4.69) is 71.0 Å². The average Bonchev–Trinajstić information content (AvgIpc) is 3.26. The number of rotatable bonds is 20. The number of nitrogens with zero attached hydrogens (tertiary/aromatic N) is 2. The van der Waals surface area contributed by atoms with Crippen LogP contribution in [0.2, 0.25) is 0 Å². The number of carboxylic acids is 2. The zero-order chi connectivity index (χ0) is 46.4. The Balaban J connectivity index is 0.000000510. The van der Waals surface area contributed by atoms with Gasteiger partial charge >= 0.3 is 16.5 Å². The predicted octanol–water partition coefficient (Wildman–Crippen LogP) is 10.3. The molecule has 4 aromatic carbocycles. The van der Waals surface area contributed by atoms with Gasteiger partial charge in [-0.05, 0) is 145 Å². The first-order chi connectivity index (χ1) is 29.7. The number of carbonyl (C=O) groups excluding carboxylic acids is 2. The van der Waals surface area contributed by atoms with Crippen LogP contribution >= 0.6 is 0 Å². The minimum Gasteiger partial charge on any atom is -0.545 e. The summed E-state index contributed by atoms with van der Waals surface area (Å²) in [6, 6.07) is 16.3. The van der Waals surface area contributed by atoms with Crippen molar-refractivity contribution < 1.29 is 56.7 Å². The van der Waals surface area contributed by atoms with Crippen molar-refractivity contribution in [2.24, 2.45) is 9.98 Å². The van der Waals surface area contributed by atoms with Crippen LogP contribution in [0.3, 0.4) is 0 Å². The molecular formula is C52H70N2NiO8. The van der Waals surface area contributed by atoms with Crippen molar-refractivity contribution in [2.45, 2.75) is 159 Å². The Morgan fingerprint density at radius 1 is 0.524 bits per heavy atom. The molecule has 0 unspecified atom stereocenters. The van der Waals surface area contributed by atoms with Crippen LogP contribution in [0.4, 0.5) is 11.4 Å². The van der Waals surface area contributed by atoms with Crippen molar-refractivity contribution >= 4 is 35.2 Å². The molecule has 0 bridgehead atoms. The number of carbonyl (C=O) groups is 2. The van der Waals surface area contributed by atoms with Crippen molar-refractivity contribution in [1.29, 1.82) is 0 Å². The molecule has 346 valence electrons. The van der Waals surface area contributed by atoms with E-state index in [-0.39, 0.29) is 27.6 Å². The molecule has 0 radical (unpaired) electrons. The number of hydrogen-bond donors (Lipinski definition) is 4. The molecule has 0 aromatic heterocycles. The van der Waals surface area contributed by atoms with Gasteiger partial charge in [0.25, 0.3) is 0 Å². The van der Waals surface area contributed by atoms with Crippen LogP contribution in [0, 0.1) is 0 Å². The molecule has 0 heterocycles. The normalized spacial score (nSPS) is 11.0. The molecule has 10 nitrogen and oxygen atoms in total. The first-order valence-corrected chi connectivity index (χ1v) is 22.6. The molecule has 0 aliphatic carbocycles. The summed E-state index contributed by atoms with van der Waals surface area (Å²) in [5, 5.41) is 59.8. The van der Waals surface area contributed by atoms with Gasteiger partial charge in [-0.3, -0.25) is 9.98 Å². The summed E-state index contributed by atoms with van der Waals surface area (Å²) in [7, 11) is 0. The van der Waals surface area contributed by atoms with Crippen LogP contribution in [-0.4, -0.2) is 44.3 Å². The summed E-state index contributed by atoms with van der Waals surface area (Å²) in [6.45, 7) is 18.6. The van der Waals surface area contributed by atoms with Gasteiger partial charge in [0.2, 0.25) is 0 Å². The quantitative estimate of drug-likeness (QED) is 0.0292. The Morgan fingerprint density at radius 3 is 1.25 bits per heavy atom. The van der Waals surface area contributed by atoms with Gasteiger partial charge in [0.05, 0.1) is 29.0 Å². The number of benzene rings is 4. The number of phenolic OH excluding ortho intramolecular Hbond substituents is 2. The molecule has 0 amide bonds. The third-order valence-corrected chi connectivity index (χ3v) is 10.8. The van der Waals surface area contributed by atoms with Crippen LogP contribution in [0.1, 0.15) is 172 Å². The Morgan fingerprint density at radius 2 is 0.921 bits per heavy atom. The van der Waals surface area contributed by atoms with Gasteiger partial charge in [-0.25, -0.2) is 0 Å². The van der Waals surface area contributed by atoms with Crippen molar-refractivity contribution in [3.05, 3.63) is 104 Å². The standard InChI is InChI=1S/C28H40N2.2C12H16O4.Ni/c1-6-11-12-13-14-26(30-28-19-24(9-4)16-25(10-5)20-28)21-29-27-17-22(7-2)15-23(8-3)18-27;2*1-3-5-8-7(4-2)6-9(13)11(14)10(8)12(15)16;/h15-21H,6-14H2,1-5H3;2*6,13-14H,3-5H2,1-2H3,(H,15,16);/q;;;+2/p-2. The van der Waals surface area contributed by atoms with E-state index in [9.17, 15) is 40.2 Å². The topological polar surface area (TPSA) is 186 Å². The summed E-state index contributed by atoms with van der Waals surface area (Å²) >= 11 is 0. The summed E-state index contributed by atoms with van der Waals surface area (Å²) in [5.74, 6) is -4.91. The zero-order valence-corrected chi connectivity index (χ0v) is 39.9. The molecule has 4 N–H and O–H groups in total. The average molecular weight is 910 g/mol. The van der Waals surface area contributed by atoms with E-state index in [1.807, 2.05) is 33.9 Å². The van der Waals surface area contributed by atoms with Gasteiger partial charge in [0, 0.05) is 17.3 Å². The minimum absolute atomic E-state index is 0.